The van der Waals surface area contributed by atoms with Crippen molar-refractivity contribution in [2.45, 2.75) is 45.6 Å². The second kappa shape index (κ2) is 7.97. The van der Waals surface area contributed by atoms with Crippen LogP contribution in [0, 0.1) is 12.7 Å². The van der Waals surface area contributed by atoms with E-state index in [2.05, 4.69) is 12.0 Å². The molecule has 29 heavy (non-hydrogen) atoms. The van der Waals surface area contributed by atoms with E-state index in [9.17, 15) is 14.0 Å². The maximum absolute atomic E-state index is 13.8. The number of aromatic nitrogens is 2. The van der Waals surface area contributed by atoms with Crippen LogP contribution in [0.25, 0.3) is 0 Å². The van der Waals surface area contributed by atoms with E-state index in [0.717, 1.165) is 36.2 Å². The minimum atomic E-state index is -0.356. The zero-order chi connectivity index (χ0) is 20.5. The Morgan fingerprint density at radius 1 is 1.14 bits per heavy atom. The Morgan fingerprint density at radius 2 is 1.83 bits per heavy atom. The van der Waals surface area contributed by atoms with E-state index < -0.39 is 0 Å². The van der Waals surface area contributed by atoms with E-state index in [1.165, 1.54) is 6.07 Å². The van der Waals surface area contributed by atoms with Crippen molar-refractivity contribution in [3.05, 3.63) is 52.6 Å². The zero-order valence-corrected chi connectivity index (χ0v) is 17.0. The number of nitrogens with zero attached hydrogens (tertiary/aromatic N) is 4. The quantitative estimate of drug-likeness (QED) is 0.799. The molecule has 2 aliphatic heterocycles. The molecule has 1 aromatic heterocycles. The van der Waals surface area contributed by atoms with Crippen LogP contribution in [0.15, 0.2) is 24.3 Å². The van der Waals surface area contributed by atoms with E-state index >= 15 is 0 Å². The van der Waals surface area contributed by atoms with Crippen molar-refractivity contribution in [3.63, 3.8) is 0 Å². The van der Waals surface area contributed by atoms with Crippen molar-refractivity contribution >= 4 is 11.8 Å². The predicted molar refractivity (Wildman–Crippen MR) is 107 cm³/mol. The molecule has 6 nitrogen and oxygen atoms in total. The number of fused-ring (bicyclic) bond motifs is 1. The molecule has 1 aromatic carbocycles. The summed E-state index contributed by atoms with van der Waals surface area (Å²) in [6.45, 7) is 5.96. The number of carbonyl (C=O) groups is 2. The molecule has 0 saturated carbocycles. The van der Waals surface area contributed by atoms with Crippen LogP contribution in [0.4, 0.5) is 4.39 Å². The first-order valence-electron chi connectivity index (χ1n) is 10.3. The van der Waals surface area contributed by atoms with Crippen molar-refractivity contribution in [1.29, 1.82) is 0 Å². The van der Waals surface area contributed by atoms with Gasteiger partial charge in [0.2, 0.25) is 5.91 Å². The molecule has 154 valence electrons. The number of piperazine rings is 1. The average molecular weight is 398 g/mol. The van der Waals surface area contributed by atoms with Crippen LogP contribution in [-0.4, -0.2) is 57.6 Å². The summed E-state index contributed by atoms with van der Waals surface area (Å²) in [6, 6.07) is 6.69. The highest BCUT2D eigenvalue weighted by molar-refractivity contribution is 5.96. The summed E-state index contributed by atoms with van der Waals surface area (Å²) < 4.78 is 15.8. The second-order valence-corrected chi connectivity index (χ2v) is 8.03. The third-order valence-electron chi connectivity index (χ3n) is 6.07. The number of hydrogen-bond acceptors (Lipinski definition) is 3. The molecular formula is C22H27FN4O2. The first kappa shape index (κ1) is 19.6. The van der Waals surface area contributed by atoms with Crippen molar-refractivity contribution in [2.24, 2.45) is 0 Å². The van der Waals surface area contributed by atoms with Gasteiger partial charge in [-0.2, -0.15) is 5.10 Å². The second-order valence-electron chi connectivity index (χ2n) is 8.03. The third kappa shape index (κ3) is 3.78. The lowest BCUT2D eigenvalue weighted by Gasteiger charge is -2.35. The van der Waals surface area contributed by atoms with Crippen LogP contribution >= 0.6 is 0 Å². The highest BCUT2D eigenvalue weighted by Gasteiger charge is 2.31. The molecule has 0 aliphatic carbocycles. The standard InChI is InChI=1S/C22H27FN4O2/c1-15-6-5-9-19-21(16(2)24-27(15)19)22(29)26-12-10-25(11-13-26)20(28)14-17-7-3-4-8-18(17)23/h3-4,7-8,15H,5-6,9-14H2,1-2H3. The lowest BCUT2D eigenvalue weighted by atomic mass is 10.00. The van der Waals surface area contributed by atoms with Crippen LogP contribution in [0.2, 0.25) is 0 Å². The first-order valence-corrected chi connectivity index (χ1v) is 10.3. The predicted octanol–water partition coefficient (Wildman–Crippen LogP) is 2.76. The number of amides is 2. The Morgan fingerprint density at radius 3 is 2.55 bits per heavy atom. The molecule has 0 radical (unpaired) electrons. The molecule has 1 atom stereocenters. The molecule has 2 amide bonds. The van der Waals surface area contributed by atoms with Gasteiger partial charge in [0.05, 0.1) is 23.4 Å². The van der Waals surface area contributed by atoms with Crippen LogP contribution < -0.4 is 0 Å². The highest BCUT2D eigenvalue weighted by atomic mass is 19.1. The van der Waals surface area contributed by atoms with Gasteiger partial charge in [0, 0.05) is 32.2 Å². The molecule has 1 fully saturated rings. The van der Waals surface area contributed by atoms with Gasteiger partial charge >= 0.3 is 0 Å². The number of hydrogen-bond donors (Lipinski definition) is 0. The number of benzene rings is 1. The van der Waals surface area contributed by atoms with Gasteiger partial charge in [0.15, 0.2) is 0 Å². The summed E-state index contributed by atoms with van der Waals surface area (Å²) in [6.07, 6.45) is 3.09. The minimum Gasteiger partial charge on any atom is -0.339 e. The van der Waals surface area contributed by atoms with Crippen LogP contribution in [-0.2, 0) is 17.6 Å². The van der Waals surface area contributed by atoms with E-state index in [-0.39, 0.29) is 24.1 Å². The van der Waals surface area contributed by atoms with Crippen molar-refractivity contribution in [3.8, 4) is 0 Å². The molecular weight excluding hydrogens is 371 g/mol. The Labute approximate surface area is 170 Å². The Bertz CT molecular complexity index is 931. The summed E-state index contributed by atoms with van der Waals surface area (Å²) in [7, 11) is 0. The van der Waals surface area contributed by atoms with Gasteiger partial charge in [-0.15, -0.1) is 0 Å². The van der Waals surface area contributed by atoms with Crippen molar-refractivity contribution in [2.75, 3.05) is 26.2 Å². The van der Waals surface area contributed by atoms with Crippen LogP contribution in [0.3, 0.4) is 0 Å². The van der Waals surface area contributed by atoms with Gasteiger partial charge in [-0.25, -0.2) is 4.39 Å². The number of rotatable bonds is 3. The molecule has 7 heteroatoms. The molecule has 1 unspecified atom stereocenters. The van der Waals surface area contributed by atoms with E-state index in [1.54, 1.807) is 23.1 Å². The van der Waals surface area contributed by atoms with Gasteiger partial charge in [-0.1, -0.05) is 18.2 Å². The van der Waals surface area contributed by atoms with Gasteiger partial charge in [-0.3, -0.25) is 14.3 Å². The SMILES string of the molecule is Cc1nn2c(c1C(=O)N1CCN(C(=O)Cc3ccccc3F)CC1)CCCC2C. The summed E-state index contributed by atoms with van der Waals surface area (Å²) in [4.78, 5) is 29.3. The summed E-state index contributed by atoms with van der Waals surface area (Å²) in [5.41, 5.74) is 2.98. The van der Waals surface area contributed by atoms with Gasteiger partial charge < -0.3 is 9.80 Å². The maximum Gasteiger partial charge on any atom is 0.257 e. The number of halogens is 1. The van der Waals surface area contributed by atoms with Crippen LogP contribution in [0.5, 0.6) is 0 Å². The molecule has 3 heterocycles. The topological polar surface area (TPSA) is 58.4 Å². The normalized spacial score (nSPS) is 19.2. The van der Waals surface area contributed by atoms with E-state index in [1.807, 2.05) is 16.5 Å². The lowest BCUT2D eigenvalue weighted by molar-refractivity contribution is -0.132. The zero-order valence-electron chi connectivity index (χ0n) is 17.0. The molecule has 2 aromatic rings. The van der Waals surface area contributed by atoms with Gasteiger partial charge in [0.25, 0.3) is 5.91 Å². The van der Waals surface area contributed by atoms with Gasteiger partial charge in [-0.05, 0) is 44.7 Å². The number of carbonyl (C=O) groups excluding carboxylic acids is 2. The fourth-order valence-electron chi connectivity index (χ4n) is 4.40. The first-order chi connectivity index (χ1) is 14.0. The lowest BCUT2D eigenvalue weighted by Crippen LogP contribution is -2.51. The third-order valence-corrected chi connectivity index (χ3v) is 6.07. The smallest absolute Gasteiger partial charge is 0.257 e. The Hall–Kier alpha value is -2.70. The fraction of sp³-hybridized carbons (Fsp3) is 0.500. The average Bonchev–Trinajstić information content (AvgIpc) is 3.06. The van der Waals surface area contributed by atoms with E-state index in [4.69, 9.17) is 0 Å². The minimum absolute atomic E-state index is 0.0130. The summed E-state index contributed by atoms with van der Waals surface area (Å²) >= 11 is 0. The Balaban J connectivity index is 1.41. The molecule has 2 aliphatic rings. The molecule has 4 rings (SSSR count). The highest BCUT2D eigenvalue weighted by Crippen LogP contribution is 2.29. The van der Waals surface area contributed by atoms with E-state index in [0.29, 0.717) is 37.8 Å². The van der Waals surface area contributed by atoms with Gasteiger partial charge in [0.1, 0.15) is 5.82 Å². The van der Waals surface area contributed by atoms with Crippen molar-refractivity contribution in [1.82, 2.24) is 19.6 Å². The maximum atomic E-state index is 13.8. The molecule has 0 N–H and O–H groups in total. The van der Waals surface area contributed by atoms with Crippen molar-refractivity contribution < 1.29 is 14.0 Å². The Kier molecular flexibility index (Phi) is 5.39. The number of aryl methyl sites for hydroxylation is 1. The fourth-order valence-corrected chi connectivity index (χ4v) is 4.40. The monoisotopic (exact) mass is 398 g/mol. The summed E-state index contributed by atoms with van der Waals surface area (Å²) in [5.74, 6) is -0.445. The molecule has 1 saturated heterocycles. The molecule has 0 bridgehead atoms. The molecule has 0 spiro atoms. The largest absolute Gasteiger partial charge is 0.339 e. The van der Waals surface area contributed by atoms with Crippen LogP contribution in [0.1, 0.15) is 53.1 Å². The summed E-state index contributed by atoms with van der Waals surface area (Å²) in [5, 5.41) is 4.62.